The molecule has 0 heterocycles. The zero-order chi connectivity index (χ0) is 14.9. The molecule has 1 saturated carbocycles. The van der Waals surface area contributed by atoms with Gasteiger partial charge in [0.15, 0.2) is 0 Å². The molecule has 110 valence electrons. The Kier molecular flexibility index (Phi) is 4.39. The van der Waals surface area contributed by atoms with Crippen molar-refractivity contribution in [2.45, 2.75) is 50.5 Å². The summed E-state index contributed by atoms with van der Waals surface area (Å²) in [6, 6.07) is 3.25. The highest BCUT2D eigenvalue weighted by molar-refractivity contribution is 8.13. The van der Waals surface area contributed by atoms with Crippen molar-refractivity contribution in [3.05, 3.63) is 28.8 Å². The minimum absolute atomic E-state index is 0.00124. The maximum absolute atomic E-state index is 12.3. The van der Waals surface area contributed by atoms with Crippen molar-refractivity contribution in [3.8, 4) is 0 Å². The van der Waals surface area contributed by atoms with Crippen LogP contribution < -0.4 is 5.32 Å². The highest BCUT2D eigenvalue weighted by Crippen LogP contribution is 2.24. The number of rotatable bonds is 3. The predicted molar refractivity (Wildman–Crippen MR) is 78.7 cm³/mol. The van der Waals surface area contributed by atoms with Crippen molar-refractivity contribution in [1.82, 2.24) is 5.32 Å². The Hall–Kier alpha value is -1.07. The third-order valence-corrected chi connectivity index (χ3v) is 5.18. The molecule has 1 fully saturated rings. The monoisotopic (exact) mass is 315 g/mol. The molecule has 0 aliphatic heterocycles. The van der Waals surface area contributed by atoms with Gasteiger partial charge in [-0.2, -0.15) is 0 Å². The fraction of sp³-hybridized carbons (Fsp3) is 0.500. The molecule has 2 rings (SSSR count). The number of amides is 1. The zero-order valence-corrected chi connectivity index (χ0v) is 13.1. The van der Waals surface area contributed by atoms with Crippen LogP contribution in [0.4, 0.5) is 0 Å². The Labute approximate surface area is 123 Å². The van der Waals surface area contributed by atoms with Gasteiger partial charge in [-0.1, -0.05) is 18.9 Å². The number of halogens is 1. The van der Waals surface area contributed by atoms with Crippen LogP contribution >= 0.6 is 10.7 Å². The SMILES string of the molecule is Cc1cc(C)c(S(=O)(=O)Cl)cc1C(=O)NC1CCCC1. The first-order valence-corrected chi connectivity index (χ1v) is 8.97. The summed E-state index contributed by atoms with van der Waals surface area (Å²) in [5.74, 6) is -0.226. The van der Waals surface area contributed by atoms with Gasteiger partial charge in [-0.05, 0) is 43.9 Å². The summed E-state index contributed by atoms with van der Waals surface area (Å²) in [6.07, 6.45) is 4.22. The molecule has 1 aliphatic carbocycles. The summed E-state index contributed by atoms with van der Waals surface area (Å²) in [6.45, 7) is 3.46. The van der Waals surface area contributed by atoms with E-state index in [1.54, 1.807) is 19.9 Å². The topological polar surface area (TPSA) is 63.2 Å². The normalized spacial score (nSPS) is 16.4. The van der Waals surface area contributed by atoms with Crippen molar-refractivity contribution in [3.63, 3.8) is 0 Å². The first kappa shape index (κ1) is 15.3. The van der Waals surface area contributed by atoms with Crippen LogP contribution in [0.25, 0.3) is 0 Å². The lowest BCUT2D eigenvalue weighted by atomic mass is 10.0. The van der Waals surface area contributed by atoms with Crippen molar-refractivity contribution < 1.29 is 13.2 Å². The van der Waals surface area contributed by atoms with E-state index in [1.165, 1.54) is 6.07 Å². The Balaban J connectivity index is 2.33. The van der Waals surface area contributed by atoms with Crippen LogP contribution in [0.1, 0.15) is 47.2 Å². The molecule has 0 saturated heterocycles. The molecule has 6 heteroatoms. The van der Waals surface area contributed by atoms with Gasteiger partial charge in [-0.15, -0.1) is 0 Å². The molecule has 20 heavy (non-hydrogen) atoms. The van der Waals surface area contributed by atoms with Crippen molar-refractivity contribution in [2.24, 2.45) is 0 Å². The highest BCUT2D eigenvalue weighted by atomic mass is 35.7. The molecule has 0 bridgehead atoms. The lowest BCUT2D eigenvalue weighted by Gasteiger charge is -2.14. The Morgan fingerprint density at radius 2 is 1.80 bits per heavy atom. The van der Waals surface area contributed by atoms with Crippen LogP contribution in [0.5, 0.6) is 0 Å². The van der Waals surface area contributed by atoms with Gasteiger partial charge in [0.05, 0.1) is 4.90 Å². The van der Waals surface area contributed by atoms with Crippen LogP contribution in [0.15, 0.2) is 17.0 Å². The van der Waals surface area contributed by atoms with E-state index >= 15 is 0 Å². The van der Waals surface area contributed by atoms with Gasteiger partial charge in [-0.3, -0.25) is 4.79 Å². The van der Waals surface area contributed by atoms with Crippen molar-refractivity contribution in [1.29, 1.82) is 0 Å². The highest BCUT2D eigenvalue weighted by Gasteiger charge is 2.22. The van der Waals surface area contributed by atoms with E-state index in [0.717, 1.165) is 31.2 Å². The number of carbonyl (C=O) groups excluding carboxylic acids is 1. The molecule has 0 unspecified atom stereocenters. The van der Waals surface area contributed by atoms with Gasteiger partial charge < -0.3 is 5.32 Å². The molecular weight excluding hydrogens is 298 g/mol. The van der Waals surface area contributed by atoms with Crippen LogP contribution in [-0.2, 0) is 9.05 Å². The van der Waals surface area contributed by atoms with Crippen LogP contribution in [0.2, 0.25) is 0 Å². The first-order chi connectivity index (χ1) is 9.29. The number of benzene rings is 1. The summed E-state index contributed by atoms with van der Waals surface area (Å²) in [5, 5.41) is 2.96. The minimum Gasteiger partial charge on any atom is -0.349 e. The number of carbonyl (C=O) groups is 1. The molecule has 4 nitrogen and oxygen atoms in total. The van der Waals surface area contributed by atoms with E-state index in [1.807, 2.05) is 0 Å². The maximum Gasteiger partial charge on any atom is 0.261 e. The third-order valence-electron chi connectivity index (χ3n) is 3.72. The fourth-order valence-corrected chi connectivity index (χ4v) is 3.87. The summed E-state index contributed by atoms with van der Waals surface area (Å²) < 4.78 is 23.0. The smallest absolute Gasteiger partial charge is 0.261 e. The molecule has 0 aromatic heterocycles. The average Bonchev–Trinajstić information content (AvgIpc) is 2.79. The summed E-state index contributed by atoms with van der Waals surface area (Å²) >= 11 is 0. The Bertz CT molecular complexity index is 634. The standard InChI is InChI=1S/C14H18ClNO3S/c1-9-7-10(2)13(20(15,18)19)8-12(9)14(17)16-11-5-3-4-6-11/h7-8,11H,3-6H2,1-2H3,(H,16,17). The van der Waals surface area contributed by atoms with Crippen molar-refractivity contribution in [2.75, 3.05) is 0 Å². The molecule has 0 radical (unpaired) electrons. The second-order valence-corrected chi connectivity index (χ2v) is 7.86. The van der Waals surface area contributed by atoms with E-state index in [9.17, 15) is 13.2 Å². The third kappa shape index (κ3) is 3.33. The fourth-order valence-electron chi connectivity index (χ4n) is 2.67. The number of aryl methyl sites for hydroxylation is 2. The van der Waals surface area contributed by atoms with Crippen LogP contribution in [0.3, 0.4) is 0 Å². The van der Waals surface area contributed by atoms with Crippen LogP contribution in [0, 0.1) is 13.8 Å². The Morgan fingerprint density at radius 1 is 1.20 bits per heavy atom. The quantitative estimate of drug-likeness (QED) is 0.872. The zero-order valence-electron chi connectivity index (χ0n) is 11.6. The van der Waals surface area contributed by atoms with E-state index < -0.39 is 9.05 Å². The lowest BCUT2D eigenvalue weighted by Crippen LogP contribution is -2.33. The van der Waals surface area contributed by atoms with E-state index in [2.05, 4.69) is 5.32 Å². The second-order valence-electron chi connectivity index (χ2n) is 5.33. The van der Waals surface area contributed by atoms with Gasteiger partial charge >= 0.3 is 0 Å². The summed E-state index contributed by atoms with van der Waals surface area (Å²) in [7, 11) is 1.56. The maximum atomic E-state index is 12.3. The largest absolute Gasteiger partial charge is 0.349 e. The van der Waals surface area contributed by atoms with E-state index in [0.29, 0.717) is 11.1 Å². The molecule has 0 atom stereocenters. The van der Waals surface area contributed by atoms with Gasteiger partial charge in [0.2, 0.25) is 0 Å². The first-order valence-electron chi connectivity index (χ1n) is 6.66. The minimum atomic E-state index is -3.84. The number of hydrogen-bond acceptors (Lipinski definition) is 3. The second kappa shape index (κ2) is 5.74. The lowest BCUT2D eigenvalue weighted by molar-refractivity contribution is 0.0937. The summed E-state index contributed by atoms with van der Waals surface area (Å²) in [4.78, 5) is 12.3. The predicted octanol–water partition coefficient (Wildman–Crippen LogP) is 2.90. The molecule has 1 aliphatic rings. The molecule has 1 aromatic carbocycles. The molecule has 1 amide bonds. The molecule has 1 N–H and O–H groups in total. The molecule has 0 spiro atoms. The van der Waals surface area contributed by atoms with Gasteiger partial charge in [-0.25, -0.2) is 8.42 Å². The molecule has 1 aromatic rings. The van der Waals surface area contributed by atoms with E-state index in [4.69, 9.17) is 10.7 Å². The van der Waals surface area contributed by atoms with Crippen molar-refractivity contribution >= 4 is 25.6 Å². The number of hydrogen-bond donors (Lipinski definition) is 1. The van der Waals surface area contributed by atoms with Gasteiger partial charge in [0.25, 0.3) is 15.0 Å². The van der Waals surface area contributed by atoms with Gasteiger partial charge in [0, 0.05) is 22.3 Å². The average molecular weight is 316 g/mol. The van der Waals surface area contributed by atoms with Gasteiger partial charge in [0.1, 0.15) is 0 Å². The number of nitrogens with one attached hydrogen (secondary N) is 1. The van der Waals surface area contributed by atoms with E-state index in [-0.39, 0.29) is 16.8 Å². The van der Waals surface area contributed by atoms with Crippen LogP contribution in [-0.4, -0.2) is 20.4 Å². The molecular formula is C14H18ClNO3S. The Morgan fingerprint density at radius 3 is 2.35 bits per heavy atom. The summed E-state index contributed by atoms with van der Waals surface area (Å²) in [5.41, 5.74) is 1.68.